The number of furan rings is 1. The van der Waals surface area contributed by atoms with E-state index in [1.165, 1.54) is 6.07 Å². The van der Waals surface area contributed by atoms with Gasteiger partial charge in [-0.1, -0.05) is 11.6 Å². The molecule has 7 heteroatoms. The number of nitrogens with one attached hydrogen (secondary N) is 1. The Morgan fingerprint density at radius 1 is 1.25 bits per heavy atom. The molecule has 0 unspecified atom stereocenters. The maximum absolute atomic E-state index is 12.3. The first-order valence-electron chi connectivity index (χ1n) is 8.20. The van der Waals surface area contributed by atoms with Gasteiger partial charge in [-0.2, -0.15) is 0 Å². The lowest BCUT2D eigenvalue weighted by Gasteiger charge is -2.03. The Balaban J connectivity index is 1.62. The highest BCUT2D eigenvalue weighted by Gasteiger charge is 2.23. The summed E-state index contributed by atoms with van der Waals surface area (Å²) in [6.45, 7) is 2.17. The second-order valence-corrected chi connectivity index (χ2v) is 5.66. The van der Waals surface area contributed by atoms with Crippen LogP contribution in [0.25, 0.3) is 0 Å². The molecule has 2 heterocycles. The first-order valence-corrected chi connectivity index (χ1v) is 8.20. The van der Waals surface area contributed by atoms with Crippen molar-refractivity contribution in [1.82, 2.24) is 10.5 Å². The fraction of sp³-hybridized carbons (Fsp3) is 0.471. The van der Waals surface area contributed by atoms with Gasteiger partial charge >= 0.3 is 5.97 Å². The molecule has 1 aliphatic rings. The number of ether oxygens (including phenoxy) is 1. The SMILES string of the molecule is CCOC(=O)c1ccc(CNC(=O)c2noc3c2CCCCC3)o1. The molecule has 0 aliphatic heterocycles. The fourth-order valence-electron chi connectivity index (χ4n) is 2.78. The summed E-state index contributed by atoms with van der Waals surface area (Å²) in [7, 11) is 0. The summed E-state index contributed by atoms with van der Waals surface area (Å²) >= 11 is 0. The molecule has 2 aromatic rings. The minimum Gasteiger partial charge on any atom is -0.460 e. The third-order valence-corrected chi connectivity index (χ3v) is 3.98. The summed E-state index contributed by atoms with van der Waals surface area (Å²) in [6, 6.07) is 3.16. The van der Waals surface area contributed by atoms with Gasteiger partial charge in [-0.3, -0.25) is 4.79 Å². The lowest BCUT2D eigenvalue weighted by molar-refractivity contribution is 0.0488. The van der Waals surface area contributed by atoms with E-state index in [1.807, 2.05) is 0 Å². The molecule has 24 heavy (non-hydrogen) atoms. The standard InChI is InChI=1S/C17H20N2O5/c1-2-22-17(21)14-9-8-11(23-14)10-18-16(20)15-12-6-4-3-5-7-13(12)24-19-15/h8-9H,2-7,10H2,1H3,(H,18,20). The first-order chi connectivity index (χ1) is 11.7. The van der Waals surface area contributed by atoms with E-state index in [0.717, 1.165) is 43.4 Å². The molecule has 3 rings (SSSR count). The molecular weight excluding hydrogens is 312 g/mol. The number of esters is 1. The van der Waals surface area contributed by atoms with Gasteiger partial charge in [0, 0.05) is 12.0 Å². The summed E-state index contributed by atoms with van der Waals surface area (Å²) in [5.74, 6) is 0.602. The molecule has 0 aromatic carbocycles. The van der Waals surface area contributed by atoms with Crippen molar-refractivity contribution in [3.05, 3.63) is 40.7 Å². The molecule has 2 aromatic heterocycles. The van der Waals surface area contributed by atoms with E-state index in [2.05, 4.69) is 10.5 Å². The minimum atomic E-state index is -0.517. The first kappa shape index (κ1) is 16.3. The number of rotatable bonds is 5. The minimum absolute atomic E-state index is 0.122. The van der Waals surface area contributed by atoms with E-state index in [9.17, 15) is 9.59 Å². The fourth-order valence-corrected chi connectivity index (χ4v) is 2.78. The number of carbonyl (C=O) groups excluding carboxylic acids is 2. The average Bonchev–Trinajstić information content (AvgIpc) is 3.15. The van der Waals surface area contributed by atoms with Crippen LogP contribution in [-0.4, -0.2) is 23.6 Å². The molecule has 0 atom stereocenters. The zero-order chi connectivity index (χ0) is 16.9. The van der Waals surface area contributed by atoms with Crippen LogP contribution in [0.5, 0.6) is 0 Å². The third-order valence-electron chi connectivity index (χ3n) is 3.98. The normalized spacial score (nSPS) is 13.9. The van der Waals surface area contributed by atoms with Gasteiger partial charge in [0.05, 0.1) is 13.2 Å². The van der Waals surface area contributed by atoms with Crippen molar-refractivity contribution in [1.29, 1.82) is 0 Å². The van der Waals surface area contributed by atoms with E-state index < -0.39 is 5.97 Å². The summed E-state index contributed by atoms with van der Waals surface area (Å²) in [5, 5.41) is 6.67. The van der Waals surface area contributed by atoms with Crippen molar-refractivity contribution < 1.29 is 23.3 Å². The lowest BCUT2D eigenvalue weighted by Crippen LogP contribution is -2.24. The van der Waals surface area contributed by atoms with E-state index in [0.29, 0.717) is 11.5 Å². The monoisotopic (exact) mass is 332 g/mol. The van der Waals surface area contributed by atoms with Crippen LogP contribution in [0.2, 0.25) is 0 Å². The van der Waals surface area contributed by atoms with E-state index in [1.54, 1.807) is 13.0 Å². The van der Waals surface area contributed by atoms with Gasteiger partial charge in [0.2, 0.25) is 5.76 Å². The number of carbonyl (C=O) groups is 2. The molecule has 0 bridgehead atoms. The quantitative estimate of drug-likeness (QED) is 0.668. The molecule has 0 radical (unpaired) electrons. The number of fused-ring (bicyclic) bond motifs is 1. The summed E-state index contributed by atoms with van der Waals surface area (Å²) in [5.41, 5.74) is 1.26. The van der Waals surface area contributed by atoms with Crippen LogP contribution in [0.3, 0.4) is 0 Å². The summed E-state index contributed by atoms with van der Waals surface area (Å²) in [4.78, 5) is 23.9. The predicted molar refractivity (Wildman–Crippen MR) is 83.6 cm³/mol. The van der Waals surface area contributed by atoms with Gasteiger partial charge in [0.15, 0.2) is 5.69 Å². The van der Waals surface area contributed by atoms with Crippen molar-refractivity contribution >= 4 is 11.9 Å². The second kappa shape index (κ2) is 7.33. The summed E-state index contributed by atoms with van der Waals surface area (Å²) < 4.78 is 15.5. The number of hydrogen-bond donors (Lipinski definition) is 1. The number of hydrogen-bond acceptors (Lipinski definition) is 6. The topological polar surface area (TPSA) is 94.6 Å². The van der Waals surface area contributed by atoms with Gasteiger partial charge in [-0.15, -0.1) is 0 Å². The summed E-state index contributed by atoms with van der Waals surface area (Å²) in [6.07, 6.45) is 4.88. The van der Waals surface area contributed by atoms with Gasteiger partial charge in [-0.25, -0.2) is 4.79 Å². The highest BCUT2D eigenvalue weighted by molar-refractivity contribution is 5.93. The van der Waals surface area contributed by atoms with Crippen molar-refractivity contribution in [3.63, 3.8) is 0 Å². The predicted octanol–water partition coefficient (Wildman–Crippen LogP) is 2.64. The zero-order valence-electron chi connectivity index (χ0n) is 13.6. The molecule has 1 aliphatic carbocycles. The Hall–Kier alpha value is -2.57. The van der Waals surface area contributed by atoms with Crippen LogP contribution in [-0.2, 0) is 24.1 Å². The highest BCUT2D eigenvalue weighted by atomic mass is 16.5. The van der Waals surface area contributed by atoms with Crippen LogP contribution in [0.15, 0.2) is 21.1 Å². The van der Waals surface area contributed by atoms with Crippen LogP contribution in [0.4, 0.5) is 0 Å². The maximum Gasteiger partial charge on any atom is 0.374 e. The zero-order valence-corrected chi connectivity index (χ0v) is 13.6. The molecule has 0 saturated heterocycles. The molecule has 7 nitrogen and oxygen atoms in total. The number of aromatic nitrogens is 1. The smallest absolute Gasteiger partial charge is 0.374 e. The Labute approximate surface area is 139 Å². The Kier molecular flexibility index (Phi) is 4.98. The Bertz CT molecular complexity index is 731. The van der Waals surface area contributed by atoms with Crippen LogP contribution in [0.1, 0.15) is 64.3 Å². The van der Waals surface area contributed by atoms with Crippen molar-refractivity contribution in [3.8, 4) is 0 Å². The van der Waals surface area contributed by atoms with Crippen molar-refractivity contribution in [2.45, 2.75) is 45.6 Å². The van der Waals surface area contributed by atoms with E-state index >= 15 is 0 Å². The number of nitrogens with zero attached hydrogens (tertiary/aromatic N) is 1. The Morgan fingerprint density at radius 2 is 2.08 bits per heavy atom. The molecule has 1 N–H and O–H groups in total. The van der Waals surface area contributed by atoms with Gasteiger partial charge in [-0.05, 0) is 38.3 Å². The number of amides is 1. The molecule has 0 fully saturated rings. The lowest BCUT2D eigenvalue weighted by atomic mass is 10.1. The van der Waals surface area contributed by atoms with Crippen LogP contribution < -0.4 is 5.32 Å². The largest absolute Gasteiger partial charge is 0.460 e. The van der Waals surface area contributed by atoms with Gasteiger partial charge < -0.3 is 19.0 Å². The second-order valence-electron chi connectivity index (χ2n) is 5.66. The van der Waals surface area contributed by atoms with Gasteiger partial charge in [0.25, 0.3) is 5.91 Å². The van der Waals surface area contributed by atoms with Crippen molar-refractivity contribution in [2.24, 2.45) is 0 Å². The molecule has 1 amide bonds. The molecule has 128 valence electrons. The maximum atomic E-state index is 12.3. The third kappa shape index (κ3) is 3.50. The van der Waals surface area contributed by atoms with Crippen molar-refractivity contribution in [2.75, 3.05) is 6.61 Å². The Morgan fingerprint density at radius 3 is 2.92 bits per heavy atom. The molecule has 0 saturated carbocycles. The van der Waals surface area contributed by atoms with Crippen LogP contribution in [0, 0.1) is 0 Å². The van der Waals surface area contributed by atoms with E-state index in [-0.39, 0.29) is 24.8 Å². The highest BCUT2D eigenvalue weighted by Crippen LogP contribution is 2.23. The van der Waals surface area contributed by atoms with Gasteiger partial charge in [0.1, 0.15) is 11.5 Å². The molecule has 0 spiro atoms. The van der Waals surface area contributed by atoms with Crippen LogP contribution >= 0.6 is 0 Å². The van der Waals surface area contributed by atoms with E-state index in [4.69, 9.17) is 13.7 Å². The number of aryl methyl sites for hydroxylation is 1. The average molecular weight is 332 g/mol. The molecular formula is C17H20N2O5.